The molecule has 0 spiro atoms. The molecule has 8 aromatic rings. The highest BCUT2D eigenvalue weighted by Gasteiger charge is 2.28. The summed E-state index contributed by atoms with van der Waals surface area (Å²) < 4.78 is 12.8. The first-order valence-corrected chi connectivity index (χ1v) is 14.7. The molecule has 3 heterocycles. The summed E-state index contributed by atoms with van der Waals surface area (Å²) in [6, 6.07) is 47.4. The van der Waals surface area contributed by atoms with Crippen LogP contribution in [0, 0.1) is 0 Å². The zero-order valence-corrected chi connectivity index (χ0v) is 23.6. The number of rotatable bonds is 4. The third-order valence-electron chi connectivity index (χ3n) is 8.38. The van der Waals surface area contributed by atoms with Crippen molar-refractivity contribution in [1.29, 1.82) is 0 Å². The SMILES string of the molecule is c1ccc(C2=NC(c3c(-c4ccccc4)ccc4oc5ccccc5c34)NC(c3cccc4c3oc3ccccc34)=N2)cc1. The Labute approximate surface area is 252 Å². The van der Waals surface area contributed by atoms with E-state index in [1.54, 1.807) is 0 Å². The maximum atomic E-state index is 6.45. The Morgan fingerprint density at radius 2 is 1.16 bits per heavy atom. The lowest BCUT2D eigenvalue weighted by Gasteiger charge is -2.26. The van der Waals surface area contributed by atoms with Crippen molar-refractivity contribution >= 4 is 55.5 Å². The summed E-state index contributed by atoms with van der Waals surface area (Å²) in [5.41, 5.74) is 8.37. The van der Waals surface area contributed by atoms with Crippen LogP contribution in [0.2, 0.25) is 0 Å². The molecule has 1 aliphatic heterocycles. The molecule has 6 aromatic carbocycles. The molecule has 1 atom stereocenters. The van der Waals surface area contributed by atoms with Crippen molar-refractivity contribution in [3.05, 3.63) is 156 Å². The van der Waals surface area contributed by atoms with E-state index >= 15 is 0 Å². The van der Waals surface area contributed by atoms with Crippen molar-refractivity contribution in [2.24, 2.45) is 9.98 Å². The van der Waals surface area contributed by atoms with Gasteiger partial charge in [-0.3, -0.25) is 0 Å². The topological polar surface area (TPSA) is 63.0 Å². The number of nitrogens with one attached hydrogen (secondary N) is 1. The second-order valence-corrected chi connectivity index (χ2v) is 11.0. The van der Waals surface area contributed by atoms with Gasteiger partial charge in [-0.25, -0.2) is 9.98 Å². The second kappa shape index (κ2) is 9.82. The molecule has 44 heavy (non-hydrogen) atoms. The van der Waals surface area contributed by atoms with Gasteiger partial charge in [-0.2, -0.15) is 0 Å². The van der Waals surface area contributed by atoms with E-state index < -0.39 is 6.17 Å². The molecule has 0 aliphatic carbocycles. The number of amidine groups is 2. The highest BCUT2D eigenvalue weighted by atomic mass is 16.3. The molecule has 208 valence electrons. The Balaban J connectivity index is 1.32. The first-order valence-electron chi connectivity index (χ1n) is 14.7. The fraction of sp³-hybridized carbons (Fsp3) is 0.0256. The first kappa shape index (κ1) is 24.6. The maximum Gasteiger partial charge on any atom is 0.159 e. The summed E-state index contributed by atoms with van der Waals surface area (Å²) in [6.45, 7) is 0. The summed E-state index contributed by atoms with van der Waals surface area (Å²) in [6.07, 6.45) is -0.461. The molecule has 0 bridgehead atoms. The third kappa shape index (κ3) is 3.87. The van der Waals surface area contributed by atoms with Gasteiger partial charge in [0.15, 0.2) is 5.84 Å². The predicted octanol–water partition coefficient (Wildman–Crippen LogP) is 9.65. The number of hydrogen-bond acceptors (Lipinski definition) is 5. The van der Waals surface area contributed by atoms with Gasteiger partial charge in [0.1, 0.15) is 34.3 Å². The van der Waals surface area contributed by atoms with E-state index in [9.17, 15) is 0 Å². The van der Waals surface area contributed by atoms with Crippen LogP contribution in [0.3, 0.4) is 0 Å². The Hall–Kier alpha value is -5.94. The van der Waals surface area contributed by atoms with Crippen LogP contribution in [0.1, 0.15) is 22.9 Å². The molecular weight excluding hydrogens is 542 g/mol. The van der Waals surface area contributed by atoms with Crippen LogP contribution >= 0.6 is 0 Å². The lowest BCUT2D eigenvalue weighted by atomic mass is 9.93. The van der Waals surface area contributed by atoms with Crippen molar-refractivity contribution in [2.45, 2.75) is 6.17 Å². The number of aliphatic imine (C=N–C) groups is 2. The molecule has 9 rings (SSSR count). The summed E-state index contributed by atoms with van der Waals surface area (Å²) >= 11 is 0. The van der Waals surface area contributed by atoms with Crippen molar-refractivity contribution in [3.63, 3.8) is 0 Å². The van der Waals surface area contributed by atoms with Gasteiger partial charge in [-0.15, -0.1) is 0 Å². The molecule has 1 unspecified atom stereocenters. The van der Waals surface area contributed by atoms with Crippen LogP contribution < -0.4 is 5.32 Å². The minimum Gasteiger partial charge on any atom is -0.456 e. The van der Waals surface area contributed by atoms with Gasteiger partial charge in [0.25, 0.3) is 0 Å². The zero-order valence-electron chi connectivity index (χ0n) is 23.6. The minimum absolute atomic E-state index is 0.461. The number of benzene rings is 6. The Morgan fingerprint density at radius 3 is 1.95 bits per heavy atom. The smallest absolute Gasteiger partial charge is 0.159 e. The van der Waals surface area contributed by atoms with E-state index in [0.29, 0.717) is 11.7 Å². The number of fused-ring (bicyclic) bond motifs is 6. The number of furan rings is 2. The highest BCUT2D eigenvalue weighted by molar-refractivity contribution is 6.20. The third-order valence-corrected chi connectivity index (χ3v) is 8.38. The van der Waals surface area contributed by atoms with Gasteiger partial charge >= 0.3 is 0 Å². The summed E-state index contributed by atoms with van der Waals surface area (Å²) in [5, 5.41) is 7.96. The Bertz CT molecular complexity index is 2420. The first-order chi connectivity index (χ1) is 21.8. The molecule has 0 radical (unpaired) electrons. The molecule has 2 aromatic heterocycles. The monoisotopic (exact) mass is 567 g/mol. The van der Waals surface area contributed by atoms with Crippen LogP contribution in [0.25, 0.3) is 55.0 Å². The lowest BCUT2D eigenvalue weighted by molar-refractivity contribution is 0.658. The molecule has 0 amide bonds. The fourth-order valence-electron chi connectivity index (χ4n) is 6.38. The van der Waals surface area contributed by atoms with Gasteiger partial charge in [0.2, 0.25) is 0 Å². The Kier molecular flexibility index (Phi) is 5.50. The molecule has 5 heteroatoms. The summed E-state index contributed by atoms with van der Waals surface area (Å²) in [4.78, 5) is 10.4. The van der Waals surface area contributed by atoms with E-state index in [4.69, 9.17) is 18.8 Å². The van der Waals surface area contributed by atoms with E-state index in [1.165, 1.54) is 0 Å². The normalized spacial score (nSPS) is 15.0. The van der Waals surface area contributed by atoms with Crippen LogP contribution in [0.4, 0.5) is 0 Å². The van der Waals surface area contributed by atoms with Crippen LogP contribution in [0.15, 0.2) is 158 Å². The van der Waals surface area contributed by atoms with E-state index in [0.717, 1.165) is 71.7 Å². The molecule has 0 fully saturated rings. The van der Waals surface area contributed by atoms with Gasteiger partial charge < -0.3 is 14.2 Å². The van der Waals surface area contributed by atoms with Gasteiger partial charge in [-0.1, -0.05) is 115 Å². The summed E-state index contributed by atoms with van der Waals surface area (Å²) in [5.74, 6) is 1.36. The van der Waals surface area contributed by atoms with Crippen molar-refractivity contribution < 1.29 is 8.83 Å². The van der Waals surface area contributed by atoms with Gasteiger partial charge in [0.05, 0.1) is 5.56 Å². The largest absolute Gasteiger partial charge is 0.456 e. The van der Waals surface area contributed by atoms with Crippen molar-refractivity contribution in [3.8, 4) is 11.1 Å². The second-order valence-electron chi connectivity index (χ2n) is 11.0. The number of nitrogens with zero attached hydrogens (tertiary/aromatic N) is 2. The molecule has 1 N–H and O–H groups in total. The van der Waals surface area contributed by atoms with Gasteiger partial charge in [-0.05, 0) is 35.4 Å². The predicted molar refractivity (Wildman–Crippen MR) is 178 cm³/mol. The quantitative estimate of drug-likeness (QED) is 0.230. The van der Waals surface area contributed by atoms with Crippen LogP contribution in [0.5, 0.6) is 0 Å². The van der Waals surface area contributed by atoms with E-state index in [1.807, 2.05) is 54.6 Å². The average Bonchev–Trinajstić information content (AvgIpc) is 3.67. The van der Waals surface area contributed by atoms with Crippen molar-refractivity contribution in [1.82, 2.24) is 5.32 Å². The Morgan fingerprint density at radius 1 is 0.500 bits per heavy atom. The zero-order chi connectivity index (χ0) is 29.0. The number of para-hydroxylation sites is 3. The standard InChI is InChI=1S/C39H25N3O2/c1-3-12-24(13-4-1)26-22-23-33-34(29-17-8-10-21-32(29)43-33)35(26)39-41-37(25-14-5-2-6-15-25)40-38(42-39)30-19-11-18-28-27-16-7-9-20-31(27)44-36(28)30/h1-23,39H,(H,40,41,42). The fourth-order valence-corrected chi connectivity index (χ4v) is 6.38. The van der Waals surface area contributed by atoms with Crippen molar-refractivity contribution in [2.75, 3.05) is 0 Å². The van der Waals surface area contributed by atoms with Crippen LogP contribution in [-0.2, 0) is 0 Å². The van der Waals surface area contributed by atoms with E-state index in [-0.39, 0.29) is 0 Å². The maximum absolute atomic E-state index is 6.45. The molecule has 1 aliphatic rings. The highest BCUT2D eigenvalue weighted by Crippen LogP contribution is 2.41. The molecule has 5 nitrogen and oxygen atoms in total. The lowest BCUT2D eigenvalue weighted by Crippen LogP contribution is -2.34. The molecule has 0 saturated carbocycles. The minimum atomic E-state index is -0.461. The van der Waals surface area contributed by atoms with E-state index in [2.05, 4.69) is 90.2 Å². The average molecular weight is 568 g/mol. The van der Waals surface area contributed by atoms with Crippen LogP contribution in [-0.4, -0.2) is 11.7 Å². The molecule has 0 saturated heterocycles. The van der Waals surface area contributed by atoms with Gasteiger partial charge in [0, 0.05) is 32.7 Å². The summed E-state index contributed by atoms with van der Waals surface area (Å²) in [7, 11) is 0. The molecular formula is C39H25N3O2. The number of hydrogen-bond donors (Lipinski definition) is 1.